The molecule has 2 N–H and O–H groups in total. The number of ether oxygens (including phenoxy) is 2. The predicted molar refractivity (Wildman–Crippen MR) is 67.2 cm³/mol. The molecule has 0 spiro atoms. The van der Waals surface area contributed by atoms with E-state index >= 15 is 0 Å². The van der Waals surface area contributed by atoms with Crippen LogP contribution in [0.2, 0.25) is 5.02 Å². The second-order valence-corrected chi connectivity index (χ2v) is 4.22. The van der Waals surface area contributed by atoms with Crippen LogP contribution in [0.4, 0.5) is 0 Å². The molecule has 0 fully saturated rings. The van der Waals surface area contributed by atoms with Crippen LogP contribution in [0.3, 0.4) is 0 Å². The van der Waals surface area contributed by atoms with Gasteiger partial charge in [0.05, 0.1) is 6.04 Å². The van der Waals surface area contributed by atoms with Gasteiger partial charge in [0.1, 0.15) is 5.75 Å². The second-order valence-electron chi connectivity index (χ2n) is 3.78. The molecule has 1 unspecified atom stereocenters. The molecule has 0 aromatic heterocycles. The molecule has 0 aliphatic rings. The van der Waals surface area contributed by atoms with Crippen molar-refractivity contribution in [2.45, 2.75) is 25.8 Å². The average molecular weight is 260 g/mol. The highest BCUT2D eigenvalue weighted by Crippen LogP contribution is 2.21. The number of methoxy groups -OCH3 is 2. The molecule has 96 valence electrons. The Balaban J connectivity index is 2.57. The third-order valence-corrected chi connectivity index (χ3v) is 2.76. The Morgan fingerprint density at radius 1 is 1.35 bits per heavy atom. The van der Waals surface area contributed by atoms with Crippen LogP contribution in [0.5, 0.6) is 5.75 Å². The molecule has 0 amide bonds. The van der Waals surface area contributed by atoms with Crippen molar-refractivity contribution in [3.8, 4) is 5.75 Å². The maximum Gasteiger partial charge on any atom is 0.171 e. The van der Waals surface area contributed by atoms with Gasteiger partial charge < -0.3 is 19.9 Å². The van der Waals surface area contributed by atoms with Gasteiger partial charge in [-0.3, -0.25) is 0 Å². The van der Waals surface area contributed by atoms with E-state index in [9.17, 15) is 5.11 Å². The highest BCUT2D eigenvalue weighted by atomic mass is 35.5. The number of nitrogens with one attached hydrogen (secondary N) is 1. The first-order valence-corrected chi connectivity index (χ1v) is 5.72. The SMILES string of the molecule is COC(OC)C(C)NCc1cc(Cl)ccc1O. The quantitative estimate of drug-likeness (QED) is 0.769. The molecule has 1 rings (SSSR count). The summed E-state index contributed by atoms with van der Waals surface area (Å²) in [5.74, 6) is 0.223. The van der Waals surface area contributed by atoms with Gasteiger partial charge in [-0.25, -0.2) is 0 Å². The molecule has 1 aromatic rings. The van der Waals surface area contributed by atoms with Crippen LogP contribution in [0, 0.1) is 0 Å². The monoisotopic (exact) mass is 259 g/mol. The van der Waals surface area contributed by atoms with Crippen LogP contribution in [0.25, 0.3) is 0 Å². The minimum Gasteiger partial charge on any atom is -0.508 e. The molecule has 0 aliphatic carbocycles. The summed E-state index contributed by atoms with van der Waals surface area (Å²) in [5, 5.41) is 13.4. The van der Waals surface area contributed by atoms with Crippen LogP contribution < -0.4 is 5.32 Å². The van der Waals surface area contributed by atoms with E-state index in [4.69, 9.17) is 21.1 Å². The Morgan fingerprint density at radius 2 is 2.00 bits per heavy atom. The number of hydrogen-bond acceptors (Lipinski definition) is 4. The largest absolute Gasteiger partial charge is 0.508 e. The molecule has 17 heavy (non-hydrogen) atoms. The number of benzene rings is 1. The summed E-state index contributed by atoms with van der Waals surface area (Å²) in [6.45, 7) is 2.44. The Kier molecular flexibility index (Phi) is 5.71. The summed E-state index contributed by atoms with van der Waals surface area (Å²) in [5.41, 5.74) is 0.746. The topological polar surface area (TPSA) is 50.7 Å². The van der Waals surface area contributed by atoms with Crippen molar-refractivity contribution >= 4 is 11.6 Å². The molecule has 0 bridgehead atoms. The Morgan fingerprint density at radius 3 is 2.59 bits per heavy atom. The molecule has 4 nitrogen and oxygen atoms in total. The fourth-order valence-corrected chi connectivity index (χ4v) is 1.76. The normalized spacial score (nSPS) is 13.0. The molecule has 0 saturated carbocycles. The van der Waals surface area contributed by atoms with Crippen molar-refractivity contribution < 1.29 is 14.6 Å². The summed E-state index contributed by atoms with van der Waals surface area (Å²) in [6, 6.07) is 4.96. The smallest absolute Gasteiger partial charge is 0.171 e. The van der Waals surface area contributed by atoms with E-state index in [0.717, 1.165) is 5.56 Å². The first-order valence-electron chi connectivity index (χ1n) is 5.34. The molecule has 1 aromatic carbocycles. The van der Waals surface area contributed by atoms with E-state index in [-0.39, 0.29) is 18.1 Å². The van der Waals surface area contributed by atoms with Crippen LogP contribution in [0.1, 0.15) is 12.5 Å². The van der Waals surface area contributed by atoms with Crippen LogP contribution in [0.15, 0.2) is 18.2 Å². The third-order valence-electron chi connectivity index (χ3n) is 2.53. The Labute approximate surface area is 106 Å². The van der Waals surface area contributed by atoms with E-state index in [1.54, 1.807) is 32.4 Å². The van der Waals surface area contributed by atoms with Gasteiger partial charge in [-0.1, -0.05) is 11.6 Å². The van der Waals surface area contributed by atoms with Crippen LogP contribution in [-0.4, -0.2) is 31.7 Å². The molecule has 5 heteroatoms. The second kappa shape index (κ2) is 6.81. The summed E-state index contributed by atoms with van der Waals surface area (Å²) in [7, 11) is 3.17. The molecule has 0 saturated heterocycles. The summed E-state index contributed by atoms with van der Waals surface area (Å²) in [6.07, 6.45) is -0.323. The number of hydrogen-bond donors (Lipinski definition) is 2. The van der Waals surface area contributed by atoms with E-state index < -0.39 is 0 Å². The number of phenols is 1. The van der Waals surface area contributed by atoms with Gasteiger partial charge >= 0.3 is 0 Å². The predicted octanol–water partition coefficient (Wildman–Crippen LogP) is 2.14. The summed E-state index contributed by atoms with van der Waals surface area (Å²) >= 11 is 5.86. The minimum absolute atomic E-state index is 0.00313. The Bertz CT molecular complexity index is 356. The van der Waals surface area contributed by atoms with E-state index in [0.29, 0.717) is 11.6 Å². The maximum absolute atomic E-state index is 9.64. The molecular weight excluding hydrogens is 242 g/mol. The van der Waals surface area contributed by atoms with Crippen molar-refractivity contribution in [3.05, 3.63) is 28.8 Å². The van der Waals surface area contributed by atoms with Crippen LogP contribution >= 0.6 is 11.6 Å². The van der Waals surface area contributed by atoms with Gasteiger partial charge in [-0.05, 0) is 25.1 Å². The highest BCUT2D eigenvalue weighted by molar-refractivity contribution is 6.30. The molecule has 0 heterocycles. The zero-order chi connectivity index (χ0) is 12.8. The maximum atomic E-state index is 9.64. The average Bonchev–Trinajstić information content (AvgIpc) is 2.32. The van der Waals surface area contributed by atoms with Crippen molar-refractivity contribution in [1.82, 2.24) is 5.32 Å². The number of rotatable bonds is 6. The lowest BCUT2D eigenvalue weighted by atomic mass is 10.2. The van der Waals surface area contributed by atoms with Gasteiger partial charge in [0, 0.05) is 31.4 Å². The minimum atomic E-state index is -0.323. The zero-order valence-electron chi connectivity index (χ0n) is 10.2. The number of phenolic OH excluding ortho intramolecular Hbond substituents is 1. The van der Waals surface area contributed by atoms with Gasteiger partial charge in [-0.2, -0.15) is 0 Å². The van der Waals surface area contributed by atoms with E-state index in [1.165, 1.54) is 0 Å². The standard InChI is InChI=1S/C12H18ClNO3/c1-8(12(16-2)17-3)14-7-9-6-10(13)4-5-11(9)15/h4-6,8,12,14-15H,7H2,1-3H3. The van der Waals surface area contributed by atoms with Crippen molar-refractivity contribution in [3.63, 3.8) is 0 Å². The third kappa shape index (κ3) is 4.16. The van der Waals surface area contributed by atoms with Crippen molar-refractivity contribution in [2.75, 3.05) is 14.2 Å². The van der Waals surface area contributed by atoms with E-state index in [2.05, 4.69) is 5.32 Å². The van der Waals surface area contributed by atoms with Crippen LogP contribution in [-0.2, 0) is 16.0 Å². The van der Waals surface area contributed by atoms with Crippen molar-refractivity contribution in [1.29, 1.82) is 0 Å². The molecular formula is C12H18ClNO3. The fourth-order valence-electron chi connectivity index (χ4n) is 1.57. The van der Waals surface area contributed by atoms with Gasteiger partial charge in [0.15, 0.2) is 6.29 Å². The lowest BCUT2D eigenvalue weighted by Crippen LogP contribution is -2.39. The number of halogens is 1. The zero-order valence-corrected chi connectivity index (χ0v) is 11.0. The lowest BCUT2D eigenvalue weighted by Gasteiger charge is -2.22. The fraction of sp³-hybridized carbons (Fsp3) is 0.500. The van der Waals surface area contributed by atoms with Gasteiger partial charge in [0.2, 0.25) is 0 Å². The summed E-state index contributed by atoms with van der Waals surface area (Å²) < 4.78 is 10.3. The number of aromatic hydroxyl groups is 1. The molecule has 1 atom stereocenters. The highest BCUT2D eigenvalue weighted by Gasteiger charge is 2.15. The first kappa shape index (κ1) is 14.3. The molecule has 0 aliphatic heterocycles. The molecule has 0 radical (unpaired) electrons. The van der Waals surface area contributed by atoms with Gasteiger partial charge in [0.25, 0.3) is 0 Å². The lowest BCUT2D eigenvalue weighted by molar-refractivity contribution is -0.119. The van der Waals surface area contributed by atoms with E-state index in [1.807, 2.05) is 6.92 Å². The van der Waals surface area contributed by atoms with Gasteiger partial charge in [-0.15, -0.1) is 0 Å². The summed E-state index contributed by atoms with van der Waals surface area (Å²) in [4.78, 5) is 0. The van der Waals surface area contributed by atoms with Crippen molar-refractivity contribution in [2.24, 2.45) is 0 Å². The first-order chi connectivity index (χ1) is 8.08. The Hall–Kier alpha value is -0.810.